The molecule has 0 amide bonds. The van der Waals surface area contributed by atoms with E-state index >= 15 is 0 Å². The highest BCUT2D eigenvalue weighted by Gasteiger charge is 2.06. The fraction of sp³-hybridized carbons (Fsp3) is 0.214. The van der Waals surface area contributed by atoms with Crippen LogP contribution < -0.4 is 5.73 Å². The number of nitrogen functional groups attached to an aromatic ring is 1. The molecule has 2 nitrogen and oxygen atoms in total. The summed E-state index contributed by atoms with van der Waals surface area (Å²) in [6, 6.07) is 10.3. The Labute approximate surface area is 106 Å². The molecule has 0 aliphatic carbocycles. The number of hydrogen-bond acceptors (Lipinski definition) is 3. The second-order valence-electron chi connectivity index (χ2n) is 4.22. The third-order valence-electron chi connectivity index (χ3n) is 2.57. The third-order valence-corrected chi connectivity index (χ3v) is 3.76. The largest absolute Gasteiger partial charge is 0.397 e. The molecule has 0 saturated heterocycles. The lowest BCUT2D eigenvalue weighted by Gasteiger charge is -2.08. The van der Waals surface area contributed by atoms with Gasteiger partial charge < -0.3 is 5.73 Å². The van der Waals surface area contributed by atoms with Crippen molar-refractivity contribution in [2.75, 3.05) is 5.73 Å². The van der Waals surface area contributed by atoms with E-state index in [1.54, 1.807) is 11.8 Å². The van der Waals surface area contributed by atoms with Crippen molar-refractivity contribution in [2.45, 2.75) is 30.7 Å². The molecule has 17 heavy (non-hydrogen) atoms. The second kappa shape index (κ2) is 4.80. The Morgan fingerprint density at radius 3 is 2.53 bits per heavy atom. The first-order valence-electron chi connectivity index (χ1n) is 5.54. The van der Waals surface area contributed by atoms with Crippen LogP contribution in [0.3, 0.4) is 0 Å². The van der Waals surface area contributed by atoms with Crippen LogP contribution in [-0.2, 0) is 0 Å². The van der Waals surface area contributed by atoms with Gasteiger partial charge in [-0.3, -0.25) is 0 Å². The van der Waals surface area contributed by atoms with Gasteiger partial charge in [-0.25, -0.2) is 4.98 Å². The molecular formula is C14H16N2S. The number of aromatic nitrogens is 1. The molecule has 0 unspecified atom stereocenters. The summed E-state index contributed by atoms with van der Waals surface area (Å²) in [6.07, 6.45) is 0. The van der Waals surface area contributed by atoms with Crippen LogP contribution in [0.5, 0.6) is 0 Å². The zero-order valence-electron chi connectivity index (χ0n) is 10.3. The van der Waals surface area contributed by atoms with Gasteiger partial charge in [-0.1, -0.05) is 29.5 Å². The Balaban J connectivity index is 2.34. The maximum Gasteiger partial charge on any atom is 0.124 e. The van der Waals surface area contributed by atoms with Crippen LogP contribution in [0.25, 0.3) is 0 Å². The normalized spacial score (nSPS) is 10.5. The maximum absolute atomic E-state index is 5.93. The summed E-state index contributed by atoms with van der Waals surface area (Å²) in [5.74, 6) is 0. The van der Waals surface area contributed by atoms with Gasteiger partial charge in [0.1, 0.15) is 5.03 Å². The van der Waals surface area contributed by atoms with E-state index in [0.717, 1.165) is 16.4 Å². The van der Waals surface area contributed by atoms with Crippen molar-refractivity contribution >= 4 is 17.4 Å². The topological polar surface area (TPSA) is 38.9 Å². The average molecular weight is 244 g/mol. The van der Waals surface area contributed by atoms with Gasteiger partial charge in [-0.2, -0.15) is 0 Å². The summed E-state index contributed by atoms with van der Waals surface area (Å²) in [5, 5.41) is 0.886. The summed E-state index contributed by atoms with van der Waals surface area (Å²) in [7, 11) is 0. The minimum absolute atomic E-state index is 0.737. The van der Waals surface area contributed by atoms with Gasteiger partial charge >= 0.3 is 0 Å². The first kappa shape index (κ1) is 12.0. The lowest BCUT2D eigenvalue weighted by atomic mass is 10.2. The Kier molecular flexibility index (Phi) is 3.38. The number of rotatable bonds is 2. The number of pyridine rings is 1. The predicted octanol–water partition coefficient (Wildman–Crippen LogP) is 3.74. The number of aryl methyl sites for hydroxylation is 3. The number of nitrogens with zero attached hydrogens (tertiary/aromatic N) is 1. The quantitative estimate of drug-likeness (QED) is 0.874. The minimum atomic E-state index is 0.737. The van der Waals surface area contributed by atoms with Crippen LogP contribution in [0.2, 0.25) is 0 Å². The van der Waals surface area contributed by atoms with E-state index in [2.05, 4.69) is 37.0 Å². The van der Waals surface area contributed by atoms with Crippen LogP contribution in [0.1, 0.15) is 16.8 Å². The SMILES string of the molecule is Cc1ccc(Sc2nc(C)ccc2N)c(C)c1. The zero-order valence-corrected chi connectivity index (χ0v) is 11.1. The molecule has 2 N–H and O–H groups in total. The van der Waals surface area contributed by atoms with E-state index in [9.17, 15) is 0 Å². The van der Waals surface area contributed by atoms with Crippen LogP contribution in [-0.4, -0.2) is 4.98 Å². The van der Waals surface area contributed by atoms with Crippen molar-refractivity contribution in [2.24, 2.45) is 0 Å². The number of nitrogens with two attached hydrogens (primary N) is 1. The van der Waals surface area contributed by atoms with Gasteiger partial charge in [0.2, 0.25) is 0 Å². The lowest BCUT2D eigenvalue weighted by molar-refractivity contribution is 1.07. The molecule has 0 bridgehead atoms. The molecule has 88 valence electrons. The van der Waals surface area contributed by atoms with Crippen molar-refractivity contribution in [3.05, 3.63) is 47.2 Å². The smallest absolute Gasteiger partial charge is 0.124 e. The van der Waals surface area contributed by atoms with Gasteiger partial charge in [0.25, 0.3) is 0 Å². The summed E-state index contributed by atoms with van der Waals surface area (Å²) < 4.78 is 0. The highest BCUT2D eigenvalue weighted by molar-refractivity contribution is 7.99. The predicted molar refractivity (Wildman–Crippen MR) is 73.4 cm³/mol. The molecule has 0 saturated carbocycles. The molecule has 0 atom stereocenters. The molecule has 0 aliphatic rings. The van der Waals surface area contributed by atoms with Gasteiger partial charge in [-0.05, 0) is 44.5 Å². The maximum atomic E-state index is 5.93. The fourth-order valence-corrected chi connectivity index (χ4v) is 2.58. The molecule has 2 aromatic rings. The molecule has 1 aromatic carbocycles. The Morgan fingerprint density at radius 1 is 1.06 bits per heavy atom. The Morgan fingerprint density at radius 2 is 1.82 bits per heavy atom. The molecule has 1 aromatic heterocycles. The van der Waals surface area contributed by atoms with Gasteiger partial charge in [0, 0.05) is 10.6 Å². The van der Waals surface area contributed by atoms with Gasteiger partial charge in [-0.15, -0.1) is 0 Å². The van der Waals surface area contributed by atoms with Crippen molar-refractivity contribution in [3.8, 4) is 0 Å². The minimum Gasteiger partial charge on any atom is -0.397 e. The third kappa shape index (κ3) is 2.80. The summed E-state index contributed by atoms with van der Waals surface area (Å²) in [5.41, 5.74) is 10.2. The second-order valence-corrected chi connectivity index (χ2v) is 5.25. The first-order valence-corrected chi connectivity index (χ1v) is 6.36. The highest BCUT2D eigenvalue weighted by Crippen LogP contribution is 2.32. The number of hydrogen-bond donors (Lipinski definition) is 1. The van der Waals surface area contributed by atoms with Crippen molar-refractivity contribution < 1.29 is 0 Å². The van der Waals surface area contributed by atoms with E-state index in [1.165, 1.54) is 16.0 Å². The van der Waals surface area contributed by atoms with Gasteiger partial charge in [0.15, 0.2) is 0 Å². The van der Waals surface area contributed by atoms with E-state index in [-0.39, 0.29) is 0 Å². The lowest BCUT2D eigenvalue weighted by Crippen LogP contribution is -1.94. The molecule has 0 fully saturated rings. The van der Waals surface area contributed by atoms with Crippen LogP contribution in [0.15, 0.2) is 40.3 Å². The Bertz CT molecular complexity index is 550. The molecular weight excluding hydrogens is 228 g/mol. The standard InChI is InChI=1S/C14H16N2S/c1-9-4-7-13(10(2)8-9)17-14-12(15)6-5-11(3)16-14/h4-8H,15H2,1-3H3. The first-order chi connectivity index (χ1) is 8.06. The van der Waals surface area contributed by atoms with Crippen molar-refractivity contribution in [1.29, 1.82) is 0 Å². The zero-order chi connectivity index (χ0) is 12.4. The molecule has 0 aliphatic heterocycles. The van der Waals surface area contributed by atoms with Crippen molar-refractivity contribution in [1.82, 2.24) is 4.98 Å². The molecule has 0 spiro atoms. The van der Waals surface area contributed by atoms with E-state index in [1.807, 2.05) is 19.1 Å². The number of benzene rings is 1. The molecule has 2 rings (SSSR count). The Hall–Kier alpha value is -1.48. The fourth-order valence-electron chi connectivity index (χ4n) is 1.64. The van der Waals surface area contributed by atoms with Gasteiger partial charge in [0.05, 0.1) is 5.69 Å². The van der Waals surface area contributed by atoms with E-state index in [4.69, 9.17) is 5.73 Å². The van der Waals surface area contributed by atoms with Crippen LogP contribution in [0, 0.1) is 20.8 Å². The molecule has 0 radical (unpaired) electrons. The van der Waals surface area contributed by atoms with E-state index < -0.39 is 0 Å². The van der Waals surface area contributed by atoms with E-state index in [0.29, 0.717) is 0 Å². The highest BCUT2D eigenvalue weighted by atomic mass is 32.2. The molecule has 1 heterocycles. The number of anilines is 1. The average Bonchev–Trinajstić information content (AvgIpc) is 2.27. The van der Waals surface area contributed by atoms with Crippen molar-refractivity contribution in [3.63, 3.8) is 0 Å². The summed E-state index contributed by atoms with van der Waals surface area (Å²) >= 11 is 1.63. The monoisotopic (exact) mass is 244 g/mol. The summed E-state index contributed by atoms with van der Waals surface area (Å²) in [4.78, 5) is 5.68. The van der Waals surface area contributed by atoms with Crippen LogP contribution >= 0.6 is 11.8 Å². The molecule has 3 heteroatoms. The van der Waals surface area contributed by atoms with Crippen LogP contribution in [0.4, 0.5) is 5.69 Å². The summed E-state index contributed by atoms with van der Waals surface area (Å²) in [6.45, 7) is 6.19.